The third kappa shape index (κ3) is 4.92. The number of rotatable bonds is 9. The van der Waals surface area contributed by atoms with Gasteiger partial charge in [-0.15, -0.1) is 5.10 Å². The maximum Gasteiger partial charge on any atom is 0.348 e. The molecule has 0 aliphatic heterocycles. The number of aryl methyl sites for hydroxylation is 1. The molecule has 1 heterocycles. The first-order chi connectivity index (χ1) is 17.3. The molecule has 0 fully saturated rings. The van der Waals surface area contributed by atoms with Gasteiger partial charge in [0.1, 0.15) is 23.3 Å². The Morgan fingerprint density at radius 1 is 1.19 bits per heavy atom. The van der Waals surface area contributed by atoms with Gasteiger partial charge in [-0.3, -0.25) is 10.4 Å². The second-order valence-electron chi connectivity index (χ2n) is 8.07. The summed E-state index contributed by atoms with van der Waals surface area (Å²) in [5, 5.41) is 15.4. The van der Waals surface area contributed by atoms with Gasteiger partial charge in [-0.1, -0.05) is 18.2 Å². The monoisotopic (exact) mass is 490 g/mol. The maximum atomic E-state index is 15.6. The molecule has 0 saturated heterocycles. The zero-order valence-electron chi connectivity index (χ0n) is 20.1. The molecule has 1 unspecified atom stereocenters. The molecular weight excluding hydrogens is 463 g/mol. The molecule has 186 valence electrons. The number of nitrogens with one attached hydrogen (secondary N) is 3. The van der Waals surface area contributed by atoms with Crippen LogP contribution >= 0.6 is 0 Å². The molecule has 0 aliphatic carbocycles. The van der Waals surface area contributed by atoms with Gasteiger partial charge in [0.2, 0.25) is 0 Å². The number of ether oxygens (including phenoxy) is 2. The van der Waals surface area contributed by atoms with E-state index in [-0.39, 0.29) is 23.0 Å². The molecule has 10 heteroatoms. The minimum absolute atomic E-state index is 0.0657. The molecule has 1 aromatic heterocycles. The van der Waals surface area contributed by atoms with Crippen LogP contribution in [0.25, 0.3) is 5.69 Å². The highest BCUT2D eigenvalue weighted by molar-refractivity contribution is 5.95. The summed E-state index contributed by atoms with van der Waals surface area (Å²) in [6.07, 6.45) is 0. The fourth-order valence-electron chi connectivity index (χ4n) is 3.88. The van der Waals surface area contributed by atoms with Crippen LogP contribution < -0.4 is 26.2 Å². The summed E-state index contributed by atoms with van der Waals surface area (Å²) in [5.41, 5.74) is 7.68. The van der Waals surface area contributed by atoms with Crippen molar-refractivity contribution in [2.45, 2.75) is 19.9 Å². The SMILES string of the molecule is CCOc1cc(C)cc(C(Nc2ccc(C(=N)N)cc2)c2nn(-c3ccccc3OC)c(=O)[nH]2)c1F. The Morgan fingerprint density at radius 2 is 1.92 bits per heavy atom. The van der Waals surface area contributed by atoms with Gasteiger partial charge in [0.05, 0.1) is 13.7 Å². The number of H-pyrrole nitrogens is 1. The first kappa shape index (κ1) is 24.5. The Kier molecular flexibility index (Phi) is 7.05. The first-order valence-electron chi connectivity index (χ1n) is 11.3. The summed E-state index contributed by atoms with van der Waals surface area (Å²) in [5.74, 6) is 0.130. The molecule has 5 N–H and O–H groups in total. The van der Waals surface area contributed by atoms with Gasteiger partial charge in [0.25, 0.3) is 0 Å². The largest absolute Gasteiger partial charge is 0.494 e. The Bertz CT molecular complexity index is 1450. The molecule has 0 radical (unpaired) electrons. The minimum Gasteiger partial charge on any atom is -0.494 e. The predicted molar refractivity (Wildman–Crippen MR) is 136 cm³/mol. The van der Waals surface area contributed by atoms with Crippen molar-refractivity contribution in [2.24, 2.45) is 5.73 Å². The van der Waals surface area contributed by atoms with Crippen LogP contribution in [-0.4, -0.2) is 34.3 Å². The summed E-state index contributed by atoms with van der Waals surface area (Å²) < 4.78 is 27.7. The molecule has 0 bridgehead atoms. The molecule has 0 aliphatic rings. The molecule has 4 aromatic rings. The van der Waals surface area contributed by atoms with Gasteiger partial charge < -0.3 is 20.5 Å². The average Bonchev–Trinajstić information content (AvgIpc) is 3.26. The van der Waals surface area contributed by atoms with Crippen LogP contribution in [0.5, 0.6) is 11.5 Å². The molecule has 9 nitrogen and oxygen atoms in total. The van der Waals surface area contributed by atoms with Crippen molar-refractivity contribution >= 4 is 11.5 Å². The highest BCUT2D eigenvalue weighted by atomic mass is 19.1. The van der Waals surface area contributed by atoms with Gasteiger partial charge in [0.15, 0.2) is 17.4 Å². The predicted octanol–water partition coefficient (Wildman–Crippen LogP) is 3.90. The maximum absolute atomic E-state index is 15.6. The third-order valence-electron chi connectivity index (χ3n) is 5.55. The third-order valence-corrected chi connectivity index (χ3v) is 5.55. The van der Waals surface area contributed by atoms with Crippen molar-refractivity contribution in [3.05, 3.63) is 99.5 Å². The normalized spacial score (nSPS) is 11.7. The van der Waals surface area contributed by atoms with E-state index in [2.05, 4.69) is 15.4 Å². The van der Waals surface area contributed by atoms with Crippen molar-refractivity contribution < 1.29 is 13.9 Å². The Morgan fingerprint density at radius 3 is 2.58 bits per heavy atom. The minimum atomic E-state index is -0.879. The number of halogens is 1. The lowest BCUT2D eigenvalue weighted by Gasteiger charge is -2.21. The smallest absolute Gasteiger partial charge is 0.348 e. The first-order valence-corrected chi connectivity index (χ1v) is 11.3. The van der Waals surface area contributed by atoms with E-state index < -0.39 is 17.5 Å². The summed E-state index contributed by atoms with van der Waals surface area (Å²) in [7, 11) is 1.50. The molecule has 36 heavy (non-hydrogen) atoms. The number of para-hydroxylation sites is 2. The van der Waals surface area contributed by atoms with Gasteiger partial charge in [-0.25, -0.2) is 9.18 Å². The molecule has 1 atom stereocenters. The fraction of sp³-hybridized carbons (Fsp3) is 0.192. The summed E-state index contributed by atoms with van der Waals surface area (Å²) in [4.78, 5) is 15.7. The summed E-state index contributed by atoms with van der Waals surface area (Å²) in [6, 6.07) is 16.2. The second-order valence-corrected chi connectivity index (χ2v) is 8.07. The number of amidine groups is 1. The van der Waals surface area contributed by atoms with Crippen LogP contribution in [0.15, 0.2) is 65.5 Å². The number of hydrogen-bond acceptors (Lipinski definition) is 6. The molecule has 0 amide bonds. The van der Waals surface area contributed by atoms with Gasteiger partial charge in [0, 0.05) is 16.8 Å². The molecule has 0 spiro atoms. The summed E-state index contributed by atoms with van der Waals surface area (Å²) >= 11 is 0. The number of nitrogens with two attached hydrogens (primary N) is 1. The van der Waals surface area contributed by atoms with E-state index in [1.807, 2.05) is 6.92 Å². The van der Waals surface area contributed by atoms with Crippen molar-refractivity contribution in [2.75, 3.05) is 19.0 Å². The van der Waals surface area contributed by atoms with Crippen LogP contribution in [0.4, 0.5) is 10.1 Å². The number of methoxy groups -OCH3 is 1. The lowest BCUT2D eigenvalue weighted by molar-refractivity contribution is 0.319. The van der Waals surface area contributed by atoms with E-state index >= 15 is 4.39 Å². The van der Waals surface area contributed by atoms with E-state index in [0.717, 1.165) is 5.56 Å². The molecule has 4 rings (SSSR count). The van der Waals surface area contributed by atoms with Gasteiger partial charge in [-0.2, -0.15) is 4.68 Å². The topological polar surface area (TPSA) is 131 Å². The Hall–Kier alpha value is -4.60. The molecule has 0 saturated carbocycles. The number of anilines is 1. The zero-order valence-corrected chi connectivity index (χ0v) is 20.1. The van der Waals surface area contributed by atoms with Gasteiger partial charge >= 0.3 is 5.69 Å². The lowest BCUT2D eigenvalue weighted by Crippen LogP contribution is -2.18. The lowest BCUT2D eigenvalue weighted by atomic mass is 10.0. The van der Waals surface area contributed by atoms with E-state index in [1.54, 1.807) is 67.6 Å². The Labute approximate surface area is 207 Å². The highest BCUT2D eigenvalue weighted by Gasteiger charge is 2.26. The van der Waals surface area contributed by atoms with Crippen molar-refractivity contribution in [3.63, 3.8) is 0 Å². The van der Waals surface area contributed by atoms with Crippen LogP contribution in [0.1, 0.15) is 35.5 Å². The quantitative estimate of drug-likeness (QED) is 0.208. The molecular formula is C26H27FN6O3. The van der Waals surface area contributed by atoms with E-state index in [1.165, 1.54) is 11.8 Å². The van der Waals surface area contributed by atoms with Crippen molar-refractivity contribution in [1.29, 1.82) is 5.41 Å². The van der Waals surface area contributed by atoms with Crippen molar-refractivity contribution in [3.8, 4) is 17.2 Å². The van der Waals surface area contributed by atoms with Crippen LogP contribution in [0, 0.1) is 18.2 Å². The number of hydrogen-bond donors (Lipinski definition) is 4. The number of nitrogens with zero attached hydrogens (tertiary/aromatic N) is 2. The van der Waals surface area contributed by atoms with Crippen LogP contribution in [-0.2, 0) is 0 Å². The fourth-order valence-corrected chi connectivity index (χ4v) is 3.88. The number of aromatic amines is 1. The van der Waals surface area contributed by atoms with E-state index in [9.17, 15) is 4.79 Å². The van der Waals surface area contributed by atoms with Gasteiger partial charge in [-0.05, 0) is 61.9 Å². The van der Waals surface area contributed by atoms with E-state index in [0.29, 0.717) is 29.3 Å². The standard InChI is InChI=1S/C26H27FN6O3/c1-4-36-21-14-15(2)13-18(22(21)27)23(30-17-11-9-16(10-12-17)24(28)29)25-31-26(34)33(32-25)19-7-5-6-8-20(19)35-3/h5-14,23,30H,4H2,1-3H3,(H3,28,29)(H,31,32,34). The summed E-state index contributed by atoms with van der Waals surface area (Å²) in [6.45, 7) is 3.91. The second kappa shape index (κ2) is 10.3. The van der Waals surface area contributed by atoms with Crippen molar-refractivity contribution in [1.82, 2.24) is 14.8 Å². The number of aromatic nitrogens is 3. The van der Waals surface area contributed by atoms with Crippen LogP contribution in [0.3, 0.4) is 0 Å². The average molecular weight is 491 g/mol. The van der Waals surface area contributed by atoms with E-state index in [4.69, 9.17) is 20.6 Å². The van der Waals surface area contributed by atoms with Crippen LogP contribution in [0.2, 0.25) is 0 Å². The Balaban J connectivity index is 1.85. The highest BCUT2D eigenvalue weighted by Crippen LogP contribution is 2.32. The number of nitrogen functional groups attached to an aromatic ring is 1. The molecule has 3 aromatic carbocycles. The zero-order chi connectivity index (χ0) is 25.8. The number of benzene rings is 3.